The van der Waals surface area contributed by atoms with Crippen molar-refractivity contribution in [2.24, 2.45) is 0 Å². The summed E-state index contributed by atoms with van der Waals surface area (Å²) >= 11 is 17.6. The Bertz CT molecular complexity index is 768. The van der Waals surface area contributed by atoms with Gasteiger partial charge in [-0.2, -0.15) is 0 Å². The monoisotopic (exact) mass is 386 g/mol. The number of carbonyl (C=O) groups excluding carboxylic acids is 2. The first-order valence-corrected chi connectivity index (χ1v) is 8.04. The zero-order chi connectivity index (χ0) is 17.7. The predicted octanol–water partition coefficient (Wildman–Crippen LogP) is 4.08. The molecular weight excluding hydrogens is 375 g/mol. The molecule has 0 saturated heterocycles. The molecule has 5 nitrogen and oxygen atoms in total. The van der Waals surface area contributed by atoms with E-state index in [-0.39, 0.29) is 16.8 Å². The Labute approximate surface area is 153 Å². The second-order valence-corrected chi connectivity index (χ2v) is 6.05. The van der Waals surface area contributed by atoms with Crippen LogP contribution in [0, 0.1) is 0 Å². The van der Waals surface area contributed by atoms with Crippen LogP contribution in [0.4, 0.5) is 0 Å². The number of hydrogen-bond donors (Lipinski definition) is 1. The Balaban J connectivity index is 1.90. The van der Waals surface area contributed by atoms with Gasteiger partial charge in [-0.15, -0.1) is 0 Å². The number of carbonyl (C=O) groups is 2. The summed E-state index contributed by atoms with van der Waals surface area (Å²) in [4.78, 5) is 27.5. The van der Waals surface area contributed by atoms with Gasteiger partial charge in [0.1, 0.15) is 5.15 Å². The SMILES string of the molecule is C[C@H](NC(=O)COC(=O)c1cccnc1Cl)c1ccc(Cl)c(Cl)c1. The smallest absolute Gasteiger partial charge is 0.341 e. The van der Waals surface area contributed by atoms with Gasteiger partial charge in [-0.25, -0.2) is 9.78 Å². The summed E-state index contributed by atoms with van der Waals surface area (Å²) in [5.41, 5.74) is 0.879. The fourth-order valence-electron chi connectivity index (χ4n) is 1.90. The number of rotatable bonds is 5. The van der Waals surface area contributed by atoms with Gasteiger partial charge in [0, 0.05) is 6.20 Å². The summed E-state index contributed by atoms with van der Waals surface area (Å²) in [6, 6.07) is 7.75. The van der Waals surface area contributed by atoms with Crippen molar-refractivity contribution in [2.75, 3.05) is 6.61 Å². The molecule has 0 aliphatic rings. The molecule has 0 spiro atoms. The van der Waals surface area contributed by atoms with Crippen LogP contribution in [0.1, 0.15) is 28.9 Å². The highest BCUT2D eigenvalue weighted by molar-refractivity contribution is 6.42. The molecule has 0 aliphatic heterocycles. The van der Waals surface area contributed by atoms with Crippen LogP contribution in [-0.4, -0.2) is 23.5 Å². The maximum Gasteiger partial charge on any atom is 0.341 e. The second-order valence-electron chi connectivity index (χ2n) is 4.88. The summed E-state index contributed by atoms with van der Waals surface area (Å²) in [5.74, 6) is -1.17. The molecule has 0 aliphatic carbocycles. The number of aromatic nitrogens is 1. The number of amides is 1. The lowest BCUT2D eigenvalue weighted by atomic mass is 10.1. The molecule has 1 aromatic carbocycles. The van der Waals surface area contributed by atoms with Crippen molar-refractivity contribution in [1.82, 2.24) is 10.3 Å². The van der Waals surface area contributed by atoms with Crippen molar-refractivity contribution < 1.29 is 14.3 Å². The van der Waals surface area contributed by atoms with Crippen molar-refractivity contribution in [3.63, 3.8) is 0 Å². The molecule has 0 fully saturated rings. The molecule has 2 rings (SSSR count). The molecule has 2 aromatic rings. The number of nitrogens with one attached hydrogen (secondary N) is 1. The molecule has 1 aromatic heterocycles. The number of halogens is 3. The summed E-state index contributed by atoms with van der Waals surface area (Å²) in [7, 11) is 0. The van der Waals surface area contributed by atoms with E-state index in [0.717, 1.165) is 5.56 Å². The van der Waals surface area contributed by atoms with Gasteiger partial charge in [0.15, 0.2) is 6.61 Å². The number of nitrogens with zero attached hydrogens (tertiary/aromatic N) is 1. The molecule has 1 amide bonds. The van der Waals surface area contributed by atoms with Gasteiger partial charge in [0.2, 0.25) is 0 Å². The average Bonchev–Trinajstić information content (AvgIpc) is 2.55. The fraction of sp³-hybridized carbons (Fsp3) is 0.188. The third-order valence-electron chi connectivity index (χ3n) is 3.13. The highest BCUT2D eigenvalue weighted by atomic mass is 35.5. The Hall–Kier alpha value is -1.82. The molecule has 1 heterocycles. The standard InChI is InChI=1S/C16H13Cl3N2O3/c1-9(10-4-5-12(17)13(18)7-10)21-14(22)8-24-16(23)11-3-2-6-20-15(11)19/h2-7,9H,8H2,1H3,(H,21,22)/t9-/m0/s1. The third kappa shape index (κ3) is 4.84. The Morgan fingerprint density at radius 2 is 1.96 bits per heavy atom. The van der Waals surface area contributed by atoms with E-state index in [0.29, 0.717) is 10.0 Å². The maximum absolute atomic E-state index is 11.9. The molecule has 1 atom stereocenters. The molecule has 24 heavy (non-hydrogen) atoms. The first-order valence-electron chi connectivity index (χ1n) is 6.90. The minimum atomic E-state index is -0.717. The van der Waals surface area contributed by atoms with Crippen LogP contribution in [0.3, 0.4) is 0 Å². The van der Waals surface area contributed by atoms with Crippen LogP contribution in [0.2, 0.25) is 15.2 Å². The lowest BCUT2D eigenvalue weighted by Gasteiger charge is -2.15. The minimum Gasteiger partial charge on any atom is -0.452 e. The van der Waals surface area contributed by atoms with Crippen LogP contribution >= 0.6 is 34.8 Å². The lowest BCUT2D eigenvalue weighted by molar-refractivity contribution is -0.124. The Morgan fingerprint density at radius 3 is 2.62 bits per heavy atom. The van der Waals surface area contributed by atoms with Crippen molar-refractivity contribution in [3.8, 4) is 0 Å². The van der Waals surface area contributed by atoms with Gasteiger partial charge in [0.25, 0.3) is 5.91 Å². The van der Waals surface area contributed by atoms with E-state index in [1.54, 1.807) is 31.2 Å². The first kappa shape index (κ1) is 18.5. The van der Waals surface area contributed by atoms with E-state index in [1.807, 2.05) is 0 Å². The van der Waals surface area contributed by atoms with Crippen molar-refractivity contribution >= 4 is 46.7 Å². The van der Waals surface area contributed by atoms with Crippen molar-refractivity contribution in [2.45, 2.75) is 13.0 Å². The van der Waals surface area contributed by atoms with E-state index >= 15 is 0 Å². The Kier molecular flexibility index (Phi) is 6.43. The van der Waals surface area contributed by atoms with Crippen LogP contribution in [0.15, 0.2) is 36.5 Å². The van der Waals surface area contributed by atoms with Crippen LogP contribution < -0.4 is 5.32 Å². The topological polar surface area (TPSA) is 68.3 Å². The van der Waals surface area contributed by atoms with E-state index in [2.05, 4.69) is 10.3 Å². The Morgan fingerprint density at radius 1 is 1.21 bits per heavy atom. The largest absolute Gasteiger partial charge is 0.452 e. The van der Waals surface area contributed by atoms with Crippen LogP contribution in [-0.2, 0) is 9.53 Å². The number of ether oxygens (including phenoxy) is 1. The number of esters is 1. The van der Waals surface area contributed by atoms with E-state index in [1.165, 1.54) is 12.3 Å². The molecule has 8 heteroatoms. The normalized spacial score (nSPS) is 11.7. The molecule has 1 N–H and O–H groups in total. The van der Waals surface area contributed by atoms with Gasteiger partial charge in [-0.1, -0.05) is 40.9 Å². The van der Waals surface area contributed by atoms with E-state index in [9.17, 15) is 9.59 Å². The van der Waals surface area contributed by atoms with Gasteiger partial charge in [-0.05, 0) is 36.8 Å². The van der Waals surface area contributed by atoms with Crippen molar-refractivity contribution in [1.29, 1.82) is 0 Å². The number of hydrogen-bond acceptors (Lipinski definition) is 4. The maximum atomic E-state index is 11.9. The summed E-state index contributed by atoms with van der Waals surface area (Å²) < 4.78 is 4.93. The number of pyridine rings is 1. The highest BCUT2D eigenvalue weighted by Gasteiger charge is 2.16. The summed E-state index contributed by atoms with van der Waals surface area (Å²) in [6.45, 7) is 1.34. The van der Waals surface area contributed by atoms with Crippen LogP contribution in [0.5, 0.6) is 0 Å². The second kappa shape index (κ2) is 8.33. The number of benzene rings is 1. The molecular formula is C16H13Cl3N2O3. The molecule has 0 radical (unpaired) electrons. The minimum absolute atomic E-state index is 0.0204. The van der Waals surface area contributed by atoms with Crippen LogP contribution in [0.25, 0.3) is 0 Å². The zero-order valence-corrected chi connectivity index (χ0v) is 14.8. The highest BCUT2D eigenvalue weighted by Crippen LogP contribution is 2.25. The van der Waals surface area contributed by atoms with E-state index in [4.69, 9.17) is 39.5 Å². The third-order valence-corrected chi connectivity index (χ3v) is 4.17. The molecule has 126 valence electrons. The van der Waals surface area contributed by atoms with E-state index < -0.39 is 18.5 Å². The fourth-order valence-corrected chi connectivity index (χ4v) is 2.40. The van der Waals surface area contributed by atoms with Gasteiger partial charge in [0.05, 0.1) is 21.7 Å². The molecule has 0 saturated carbocycles. The molecule has 0 unspecified atom stereocenters. The summed E-state index contributed by atoms with van der Waals surface area (Å²) in [5, 5.41) is 3.55. The van der Waals surface area contributed by atoms with Gasteiger partial charge < -0.3 is 10.1 Å². The average molecular weight is 388 g/mol. The first-order chi connectivity index (χ1) is 11.4. The quantitative estimate of drug-likeness (QED) is 0.620. The summed E-state index contributed by atoms with van der Waals surface area (Å²) in [6.07, 6.45) is 1.45. The molecule has 0 bridgehead atoms. The van der Waals surface area contributed by atoms with Gasteiger partial charge in [-0.3, -0.25) is 4.79 Å². The zero-order valence-electron chi connectivity index (χ0n) is 12.6. The van der Waals surface area contributed by atoms with Crippen molar-refractivity contribution in [3.05, 3.63) is 62.9 Å². The predicted molar refractivity (Wildman–Crippen MR) is 92.5 cm³/mol. The lowest BCUT2D eigenvalue weighted by Crippen LogP contribution is -2.31. The van der Waals surface area contributed by atoms with Gasteiger partial charge >= 0.3 is 5.97 Å².